The number of amides is 3. The Morgan fingerprint density at radius 2 is 1.70 bits per heavy atom. The quantitative estimate of drug-likeness (QED) is 0.577. The average Bonchev–Trinajstić information content (AvgIpc) is 3.46. The van der Waals surface area contributed by atoms with E-state index < -0.39 is 35.5 Å². The van der Waals surface area contributed by atoms with Crippen molar-refractivity contribution in [1.82, 2.24) is 4.90 Å². The van der Waals surface area contributed by atoms with E-state index in [0.717, 1.165) is 29.5 Å². The number of alkyl halides is 3. The van der Waals surface area contributed by atoms with Crippen molar-refractivity contribution in [3.05, 3.63) is 40.9 Å². The second-order valence-corrected chi connectivity index (χ2v) is 8.97. The highest BCUT2D eigenvalue weighted by molar-refractivity contribution is 6.33. The van der Waals surface area contributed by atoms with Crippen LogP contribution >= 0.6 is 11.6 Å². The van der Waals surface area contributed by atoms with Crippen molar-refractivity contribution < 1.29 is 27.6 Å². The van der Waals surface area contributed by atoms with E-state index >= 15 is 0 Å². The molecule has 2 saturated carbocycles. The number of carbonyl (C=O) groups is 3. The Morgan fingerprint density at radius 3 is 2.23 bits per heavy atom. The smallest absolute Gasteiger partial charge is 0.323 e. The molecule has 9 heteroatoms. The SMILES string of the molecule is C[C@@H](C(=O)Nc1cc(C(F)(F)F)ccc1Cl)N1C(=O)[C@H]2[C@@H]3C=C[C@H]([C@H]4C[C@H]34)[C@@H]2C1=O. The number of allylic oxidation sites excluding steroid dienone is 2. The summed E-state index contributed by atoms with van der Waals surface area (Å²) in [4.78, 5) is 39.9. The van der Waals surface area contributed by atoms with Gasteiger partial charge >= 0.3 is 6.18 Å². The van der Waals surface area contributed by atoms with Gasteiger partial charge in [0.15, 0.2) is 0 Å². The molecule has 4 aliphatic carbocycles. The lowest BCUT2D eigenvalue weighted by Crippen LogP contribution is -2.46. The minimum Gasteiger partial charge on any atom is -0.323 e. The molecule has 3 amide bonds. The van der Waals surface area contributed by atoms with E-state index in [-0.39, 0.29) is 34.4 Å². The number of hydrogen-bond acceptors (Lipinski definition) is 3. The van der Waals surface area contributed by atoms with Gasteiger partial charge in [-0.3, -0.25) is 19.3 Å². The predicted molar refractivity (Wildman–Crippen MR) is 101 cm³/mol. The molecule has 1 aliphatic heterocycles. The number of halogens is 4. The van der Waals surface area contributed by atoms with Gasteiger partial charge in [-0.2, -0.15) is 13.2 Å². The lowest BCUT2D eigenvalue weighted by molar-refractivity contribution is -0.146. The number of likely N-dealkylation sites (tertiary alicyclic amines) is 1. The minimum absolute atomic E-state index is 0.0274. The highest BCUT2D eigenvalue weighted by atomic mass is 35.5. The number of benzene rings is 1. The summed E-state index contributed by atoms with van der Waals surface area (Å²) in [5, 5.41) is 2.27. The second kappa shape index (κ2) is 6.33. The lowest BCUT2D eigenvalue weighted by Gasteiger charge is -2.37. The molecule has 5 aliphatic rings. The van der Waals surface area contributed by atoms with Gasteiger partial charge in [-0.05, 0) is 55.2 Å². The number of hydrogen-bond donors (Lipinski definition) is 1. The Kier molecular flexibility index (Phi) is 4.13. The summed E-state index contributed by atoms with van der Waals surface area (Å²) >= 11 is 5.94. The zero-order valence-corrected chi connectivity index (χ0v) is 16.6. The first kappa shape index (κ1) is 19.6. The zero-order chi connectivity index (χ0) is 21.5. The third kappa shape index (κ3) is 2.72. The lowest BCUT2D eigenvalue weighted by atomic mass is 9.63. The Hall–Kier alpha value is -2.35. The van der Waals surface area contributed by atoms with E-state index in [9.17, 15) is 27.6 Å². The number of imide groups is 1. The standard InChI is InChI=1S/C21H18ClF3N2O3/c1-8(18(28)26-15-6-9(21(23,24)25)2-5-14(15)22)27-19(29)16-10-3-4-11(13-7-12(10)13)17(16)20(27)30/h2-6,8,10-13,16-17H,7H2,1H3,(H,26,28)/t8-,10+,11+,12+,13+,16-,17-/m0/s1. The van der Waals surface area contributed by atoms with Crippen LogP contribution in [0.25, 0.3) is 0 Å². The molecule has 0 aromatic heterocycles. The van der Waals surface area contributed by atoms with E-state index in [1.165, 1.54) is 6.92 Å². The van der Waals surface area contributed by atoms with Crippen molar-refractivity contribution in [3.63, 3.8) is 0 Å². The number of nitrogens with one attached hydrogen (secondary N) is 1. The largest absolute Gasteiger partial charge is 0.416 e. The maximum absolute atomic E-state index is 13.1. The Morgan fingerprint density at radius 1 is 1.13 bits per heavy atom. The molecule has 0 radical (unpaired) electrons. The molecule has 1 saturated heterocycles. The second-order valence-electron chi connectivity index (χ2n) is 8.56. The summed E-state index contributed by atoms with van der Waals surface area (Å²) in [6.07, 6.45) is 0.489. The molecule has 1 aromatic carbocycles. The Labute approximate surface area is 175 Å². The first-order valence-corrected chi connectivity index (χ1v) is 10.2. The van der Waals surface area contributed by atoms with Gasteiger partial charge in [-0.1, -0.05) is 23.8 Å². The van der Waals surface area contributed by atoms with Gasteiger partial charge in [0, 0.05) is 0 Å². The normalized spacial score (nSPS) is 34.6. The van der Waals surface area contributed by atoms with Gasteiger partial charge in [0.25, 0.3) is 0 Å². The Balaban J connectivity index is 1.37. The van der Waals surface area contributed by atoms with Gasteiger partial charge in [0.1, 0.15) is 6.04 Å². The van der Waals surface area contributed by atoms with Crippen LogP contribution < -0.4 is 5.32 Å². The summed E-state index contributed by atoms with van der Waals surface area (Å²) in [6.45, 7) is 1.40. The molecule has 2 bridgehead atoms. The molecule has 7 atom stereocenters. The molecule has 5 nitrogen and oxygen atoms in total. The first-order valence-electron chi connectivity index (χ1n) is 9.82. The van der Waals surface area contributed by atoms with Crippen LogP contribution in [-0.2, 0) is 20.6 Å². The molecule has 1 N–H and O–H groups in total. The van der Waals surface area contributed by atoms with Crippen LogP contribution in [0.5, 0.6) is 0 Å². The maximum atomic E-state index is 13.1. The van der Waals surface area contributed by atoms with Crippen molar-refractivity contribution in [1.29, 1.82) is 0 Å². The zero-order valence-electron chi connectivity index (χ0n) is 15.8. The number of anilines is 1. The summed E-state index contributed by atoms with van der Waals surface area (Å²) < 4.78 is 38.9. The molecular formula is C21H18ClF3N2O3. The highest BCUT2D eigenvalue weighted by Crippen LogP contribution is 2.65. The molecule has 1 aromatic rings. The molecule has 3 fully saturated rings. The van der Waals surface area contributed by atoms with E-state index in [1.54, 1.807) is 0 Å². The van der Waals surface area contributed by atoms with Crippen LogP contribution in [0.4, 0.5) is 18.9 Å². The fourth-order valence-electron chi connectivity index (χ4n) is 5.51. The van der Waals surface area contributed by atoms with E-state index in [4.69, 9.17) is 11.6 Å². The average molecular weight is 439 g/mol. The van der Waals surface area contributed by atoms with Crippen LogP contribution in [0.15, 0.2) is 30.4 Å². The molecule has 158 valence electrons. The van der Waals surface area contributed by atoms with Crippen molar-refractivity contribution in [2.75, 3.05) is 5.32 Å². The van der Waals surface area contributed by atoms with Crippen LogP contribution in [0.3, 0.4) is 0 Å². The van der Waals surface area contributed by atoms with Crippen LogP contribution in [0.1, 0.15) is 18.9 Å². The summed E-state index contributed by atoms with van der Waals surface area (Å²) in [5.41, 5.74) is -1.18. The fourth-order valence-corrected chi connectivity index (χ4v) is 5.68. The Bertz CT molecular complexity index is 972. The molecule has 0 spiro atoms. The third-order valence-electron chi connectivity index (χ3n) is 7.02. The molecule has 30 heavy (non-hydrogen) atoms. The molecule has 6 rings (SSSR count). The summed E-state index contributed by atoms with van der Waals surface area (Å²) in [5.74, 6) is -1.45. The van der Waals surface area contributed by atoms with Crippen LogP contribution in [0.2, 0.25) is 5.02 Å². The number of carbonyl (C=O) groups excluding carboxylic acids is 3. The van der Waals surface area contributed by atoms with Gasteiger partial charge < -0.3 is 5.32 Å². The predicted octanol–water partition coefficient (Wildman–Crippen LogP) is 3.74. The van der Waals surface area contributed by atoms with E-state index in [0.29, 0.717) is 11.8 Å². The molecular weight excluding hydrogens is 421 g/mol. The monoisotopic (exact) mass is 438 g/mol. The number of rotatable bonds is 3. The van der Waals surface area contributed by atoms with Gasteiger partial charge in [0.2, 0.25) is 17.7 Å². The first-order chi connectivity index (χ1) is 14.1. The van der Waals surface area contributed by atoms with Crippen LogP contribution in [0, 0.1) is 35.5 Å². The van der Waals surface area contributed by atoms with Crippen molar-refractivity contribution in [3.8, 4) is 0 Å². The molecule has 0 unspecified atom stereocenters. The summed E-state index contributed by atoms with van der Waals surface area (Å²) in [7, 11) is 0. The highest BCUT2D eigenvalue weighted by Gasteiger charge is 2.67. The topological polar surface area (TPSA) is 66.5 Å². The van der Waals surface area contributed by atoms with Gasteiger partial charge in [-0.15, -0.1) is 0 Å². The molecule has 1 heterocycles. The fraction of sp³-hybridized carbons (Fsp3) is 0.476. The van der Waals surface area contributed by atoms with Crippen molar-refractivity contribution in [2.45, 2.75) is 25.6 Å². The van der Waals surface area contributed by atoms with Crippen molar-refractivity contribution in [2.24, 2.45) is 35.5 Å². The van der Waals surface area contributed by atoms with Gasteiger partial charge in [-0.25, -0.2) is 0 Å². The van der Waals surface area contributed by atoms with Gasteiger partial charge in [0.05, 0.1) is 28.1 Å². The summed E-state index contributed by atoms with van der Waals surface area (Å²) in [6, 6.07) is 1.43. The van der Waals surface area contributed by atoms with Crippen molar-refractivity contribution >= 4 is 35.0 Å². The minimum atomic E-state index is -4.60. The van der Waals surface area contributed by atoms with E-state index in [1.807, 2.05) is 12.2 Å². The van der Waals surface area contributed by atoms with Crippen LogP contribution in [-0.4, -0.2) is 28.7 Å². The maximum Gasteiger partial charge on any atom is 0.416 e. The van der Waals surface area contributed by atoms with E-state index in [2.05, 4.69) is 5.32 Å². The number of nitrogens with zero attached hydrogens (tertiary/aromatic N) is 1. The third-order valence-corrected chi connectivity index (χ3v) is 7.34.